The van der Waals surface area contributed by atoms with E-state index >= 15 is 0 Å². The summed E-state index contributed by atoms with van der Waals surface area (Å²) in [4.78, 5) is 20.8. The average Bonchev–Trinajstić information content (AvgIpc) is 3.12. The third-order valence-corrected chi connectivity index (χ3v) is 3.80. The zero-order chi connectivity index (χ0) is 21.0. The molecule has 0 radical (unpaired) electrons. The summed E-state index contributed by atoms with van der Waals surface area (Å²) in [5, 5.41) is 7.23. The Morgan fingerprint density at radius 1 is 1.21 bits per heavy atom. The summed E-state index contributed by atoms with van der Waals surface area (Å²) in [5.74, 6) is 1.80. The van der Waals surface area contributed by atoms with E-state index in [9.17, 15) is 4.79 Å². The molecule has 2 aromatic heterocycles. The number of anilines is 3. The number of nitrogen functional groups attached to an aromatic ring is 1. The minimum atomic E-state index is -0.592. The number of rotatable bonds is 5. The molecule has 0 spiro atoms. The third kappa shape index (κ3) is 5.44. The fourth-order valence-electron chi connectivity index (χ4n) is 2.47. The van der Waals surface area contributed by atoms with Gasteiger partial charge < -0.3 is 20.5 Å². The van der Waals surface area contributed by atoms with Gasteiger partial charge in [0, 0.05) is 18.3 Å². The summed E-state index contributed by atoms with van der Waals surface area (Å²) in [6.07, 6.45) is 4.58. The molecule has 0 atom stereocenters. The van der Waals surface area contributed by atoms with E-state index in [1.807, 2.05) is 24.3 Å². The zero-order valence-electron chi connectivity index (χ0n) is 16.8. The Bertz CT molecular complexity index is 992. The van der Waals surface area contributed by atoms with Crippen LogP contribution >= 0.6 is 0 Å². The maximum atomic E-state index is 12.1. The van der Waals surface area contributed by atoms with Crippen molar-refractivity contribution in [2.45, 2.75) is 32.8 Å². The Hall–Kier alpha value is -3.62. The molecule has 9 heteroatoms. The van der Waals surface area contributed by atoms with E-state index in [1.54, 1.807) is 46.5 Å². The summed E-state index contributed by atoms with van der Waals surface area (Å²) in [6.45, 7) is 5.40. The largest absolute Gasteiger partial charge is 0.497 e. The van der Waals surface area contributed by atoms with Crippen LogP contribution in [0.3, 0.4) is 0 Å². The molecular weight excluding hydrogens is 372 g/mol. The molecule has 0 fully saturated rings. The smallest absolute Gasteiger partial charge is 0.435 e. The number of ether oxygens (including phenoxy) is 2. The maximum Gasteiger partial charge on any atom is 0.435 e. The SMILES string of the molecule is COc1ccc(Nc2nc(Cc3cnn(C(=O)OC(C)(C)C)c3)ncc2N)cc1. The molecule has 0 bridgehead atoms. The lowest BCUT2D eigenvalue weighted by atomic mass is 10.2. The van der Waals surface area contributed by atoms with Gasteiger partial charge in [-0.25, -0.2) is 14.8 Å². The fourth-order valence-corrected chi connectivity index (χ4v) is 2.47. The summed E-state index contributed by atoms with van der Waals surface area (Å²) >= 11 is 0. The molecule has 0 saturated carbocycles. The first-order valence-corrected chi connectivity index (χ1v) is 9.03. The van der Waals surface area contributed by atoms with Crippen LogP contribution in [0.1, 0.15) is 32.2 Å². The second-order valence-corrected chi connectivity index (χ2v) is 7.39. The minimum Gasteiger partial charge on any atom is -0.497 e. The lowest BCUT2D eigenvalue weighted by molar-refractivity contribution is 0.0514. The van der Waals surface area contributed by atoms with E-state index in [-0.39, 0.29) is 0 Å². The third-order valence-electron chi connectivity index (χ3n) is 3.80. The highest BCUT2D eigenvalue weighted by atomic mass is 16.6. The lowest BCUT2D eigenvalue weighted by Gasteiger charge is -2.18. The summed E-state index contributed by atoms with van der Waals surface area (Å²) in [7, 11) is 1.61. The highest BCUT2D eigenvalue weighted by Gasteiger charge is 2.18. The highest BCUT2D eigenvalue weighted by molar-refractivity contribution is 5.70. The fraction of sp³-hybridized carbons (Fsp3) is 0.300. The summed E-state index contributed by atoms with van der Waals surface area (Å²) in [6, 6.07) is 7.41. The summed E-state index contributed by atoms with van der Waals surface area (Å²) < 4.78 is 11.6. The molecular formula is C20H24N6O3. The van der Waals surface area contributed by atoms with Crippen LogP contribution in [-0.4, -0.2) is 38.6 Å². The standard InChI is InChI=1S/C20H24N6O3/c1-20(2,3)29-19(27)26-12-13(10-23-26)9-17-22-11-16(21)18(25-17)24-14-5-7-15(28-4)8-6-14/h5-8,10-12H,9,21H2,1-4H3,(H,22,24,25). The van der Waals surface area contributed by atoms with Crippen LogP contribution in [0.4, 0.5) is 22.0 Å². The first-order chi connectivity index (χ1) is 13.7. The molecule has 29 heavy (non-hydrogen) atoms. The van der Waals surface area contributed by atoms with Crippen molar-refractivity contribution in [1.82, 2.24) is 19.7 Å². The Kier molecular flexibility index (Phi) is 5.67. The number of hydrogen-bond acceptors (Lipinski definition) is 8. The minimum absolute atomic E-state index is 0.389. The second-order valence-electron chi connectivity index (χ2n) is 7.39. The van der Waals surface area contributed by atoms with Gasteiger partial charge in [0.15, 0.2) is 5.82 Å². The van der Waals surface area contributed by atoms with Gasteiger partial charge in [-0.2, -0.15) is 9.78 Å². The number of aromatic nitrogens is 4. The Labute approximate surface area is 168 Å². The molecule has 3 aromatic rings. The van der Waals surface area contributed by atoms with Crippen LogP contribution in [-0.2, 0) is 11.2 Å². The lowest BCUT2D eigenvalue weighted by Crippen LogP contribution is -2.27. The van der Waals surface area contributed by atoms with Crippen LogP contribution in [0.5, 0.6) is 5.75 Å². The van der Waals surface area contributed by atoms with Crippen LogP contribution in [0.25, 0.3) is 0 Å². The Morgan fingerprint density at radius 2 is 1.93 bits per heavy atom. The van der Waals surface area contributed by atoms with Gasteiger partial charge in [-0.05, 0) is 50.6 Å². The number of benzene rings is 1. The van der Waals surface area contributed by atoms with E-state index in [0.29, 0.717) is 23.8 Å². The van der Waals surface area contributed by atoms with Crippen LogP contribution in [0, 0.1) is 0 Å². The number of nitrogens with zero attached hydrogens (tertiary/aromatic N) is 4. The van der Waals surface area contributed by atoms with Gasteiger partial charge in [-0.1, -0.05) is 0 Å². The molecule has 9 nitrogen and oxygen atoms in total. The van der Waals surface area contributed by atoms with Crippen LogP contribution < -0.4 is 15.8 Å². The average molecular weight is 396 g/mol. The predicted molar refractivity (Wildman–Crippen MR) is 109 cm³/mol. The molecule has 1 aromatic carbocycles. The first kappa shape index (κ1) is 20.1. The normalized spacial score (nSPS) is 11.2. The van der Waals surface area contributed by atoms with Crippen molar-refractivity contribution in [3.8, 4) is 5.75 Å². The van der Waals surface area contributed by atoms with E-state index in [1.165, 1.54) is 0 Å². The first-order valence-electron chi connectivity index (χ1n) is 9.03. The van der Waals surface area contributed by atoms with Gasteiger partial charge in [0.05, 0.1) is 25.2 Å². The van der Waals surface area contributed by atoms with E-state index in [2.05, 4.69) is 20.4 Å². The van der Waals surface area contributed by atoms with Gasteiger partial charge in [-0.15, -0.1) is 0 Å². The van der Waals surface area contributed by atoms with Crippen molar-refractivity contribution in [2.24, 2.45) is 0 Å². The Morgan fingerprint density at radius 3 is 2.59 bits per heavy atom. The molecule has 0 aliphatic carbocycles. The predicted octanol–water partition coefficient (Wildman–Crippen LogP) is 3.38. The molecule has 2 heterocycles. The topological polar surface area (TPSA) is 117 Å². The molecule has 152 valence electrons. The molecule has 0 saturated heterocycles. The second kappa shape index (κ2) is 8.17. The molecule has 0 unspecified atom stereocenters. The van der Waals surface area contributed by atoms with Crippen LogP contribution in [0.15, 0.2) is 42.9 Å². The Balaban J connectivity index is 1.72. The number of hydrogen-bond donors (Lipinski definition) is 2. The number of nitrogens with one attached hydrogen (secondary N) is 1. The quantitative estimate of drug-likeness (QED) is 0.674. The van der Waals surface area contributed by atoms with Crippen molar-refractivity contribution in [3.63, 3.8) is 0 Å². The van der Waals surface area contributed by atoms with E-state index in [0.717, 1.165) is 21.7 Å². The van der Waals surface area contributed by atoms with Crippen molar-refractivity contribution in [3.05, 3.63) is 54.2 Å². The van der Waals surface area contributed by atoms with Crippen molar-refractivity contribution >= 4 is 23.3 Å². The van der Waals surface area contributed by atoms with Gasteiger partial charge in [-0.3, -0.25) is 0 Å². The number of methoxy groups -OCH3 is 1. The summed E-state index contributed by atoms with van der Waals surface area (Å²) in [5.41, 5.74) is 7.43. The van der Waals surface area contributed by atoms with Gasteiger partial charge in [0.1, 0.15) is 17.2 Å². The number of carbonyl (C=O) groups excluding carboxylic acids is 1. The van der Waals surface area contributed by atoms with E-state index in [4.69, 9.17) is 15.2 Å². The molecule has 0 amide bonds. The van der Waals surface area contributed by atoms with E-state index < -0.39 is 11.7 Å². The molecule has 3 N–H and O–H groups in total. The van der Waals surface area contributed by atoms with Crippen LogP contribution in [0.2, 0.25) is 0 Å². The van der Waals surface area contributed by atoms with Crippen molar-refractivity contribution < 1.29 is 14.3 Å². The molecule has 3 rings (SSSR count). The highest BCUT2D eigenvalue weighted by Crippen LogP contribution is 2.23. The van der Waals surface area contributed by atoms with Gasteiger partial charge in [0.2, 0.25) is 0 Å². The van der Waals surface area contributed by atoms with Gasteiger partial charge in [0.25, 0.3) is 0 Å². The number of carbonyl (C=O) groups is 1. The maximum absolute atomic E-state index is 12.1. The van der Waals surface area contributed by atoms with Gasteiger partial charge >= 0.3 is 6.09 Å². The number of nitrogens with two attached hydrogens (primary N) is 1. The molecule has 0 aliphatic heterocycles. The van der Waals surface area contributed by atoms with Crippen molar-refractivity contribution in [1.29, 1.82) is 0 Å². The molecule has 0 aliphatic rings. The zero-order valence-corrected chi connectivity index (χ0v) is 16.8. The monoisotopic (exact) mass is 396 g/mol. The van der Waals surface area contributed by atoms with Crippen molar-refractivity contribution in [2.75, 3.05) is 18.2 Å².